The van der Waals surface area contributed by atoms with Gasteiger partial charge in [-0.05, 0) is 43.6 Å². The summed E-state index contributed by atoms with van der Waals surface area (Å²) < 4.78 is 35.5. The Hall–Kier alpha value is 0.0600. The summed E-state index contributed by atoms with van der Waals surface area (Å²) in [4.78, 5) is 2.03. The molecule has 0 amide bonds. The molecule has 1 aliphatic heterocycles. The van der Waals surface area contributed by atoms with Crippen molar-refractivity contribution < 1.29 is 18.3 Å². The summed E-state index contributed by atoms with van der Waals surface area (Å²) in [5.74, 6) is 0.448. The van der Waals surface area contributed by atoms with Gasteiger partial charge in [0.1, 0.15) is 0 Å². The second-order valence-corrected chi connectivity index (χ2v) is 4.92. The molecule has 1 N–H and O–H groups in total. The lowest BCUT2D eigenvalue weighted by molar-refractivity contribution is -0.0329. The molecule has 2 nitrogen and oxygen atoms in total. The predicted octanol–water partition coefficient (Wildman–Crippen LogP) is 1.94. The zero-order valence-corrected chi connectivity index (χ0v) is 9.28. The first kappa shape index (κ1) is 13.1. The molecule has 1 heterocycles. The van der Waals surface area contributed by atoms with E-state index in [-0.39, 0.29) is 24.1 Å². The minimum atomic E-state index is -4.11. The van der Waals surface area contributed by atoms with Crippen LogP contribution in [0.3, 0.4) is 0 Å². The Morgan fingerprint density at radius 2 is 1.87 bits per heavy atom. The van der Waals surface area contributed by atoms with Crippen molar-refractivity contribution in [2.75, 3.05) is 32.0 Å². The van der Waals surface area contributed by atoms with Gasteiger partial charge in [0.25, 0.3) is 0 Å². The second-order valence-electron chi connectivity index (χ2n) is 3.76. The lowest BCUT2D eigenvalue weighted by Crippen LogP contribution is -2.36. The normalized spacial score (nSPS) is 20.8. The molecular formula is C9H16F3NOS. The first-order valence-electron chi connectivity index (χ1n) is 5.05. The number of nitrogens with zero attached hydrogens (tertiary/aromatic N) is 1. The second kappa shape index (κ2) is 5.96. The molecule has 0 unspecified atom stereocenters. The molecule has 6 heteroatoms. The van der Waals surface area contributed by atoms with Crippen LogP contribution in [0.4, 0.5) is 13.2 Å². The van der Waals surface area contributed by atoms with E-state index in [2.05, 4.69) is 0 Å². The van der Waals surface area contributed by atoms with Crippen LogP contribution in [-0.2, 0) is 0 Å². The van der Waals surface area contributed by atoms with Gasteiger partial charge in [-0.3, -0.25) is 0 Å². The van der Waals surface area contributed by atoms with E-state index < -0.39 is 5.51 Å². The number of thioether (sulfide) groups is 1. The minimum absolute atomic E-state index is 0.0427. The van der Waals surface area contributed by atoms with Gasteiger partial charge >= 0.3 is 5.51 Å². The summed E-state index contributed by atoms with van der Waals surface area (Å²) in [5, 5.41) is 8.89. The van der Waals surface area contributed by atoms with Crippen molar-refractivity contribution in [2.24, 2.45) is 5.92 Å². The summed E-state index contributed by atoms with van der Waals surface area (Å²) in [7, 11) is 0. The number of hydrogen-bond acceptors (Lipinski definition) is 3. The molecule has 0 aliphatic carbocycles. The first-order valence-corrected chi connectivity index (χ1v) is 6.04. The Morgan fingerprint density at radius 1 is 1.27 bits per heavy atom. The van der Waals surface area contributed by atoms with E-state index >= 15 is 0 Å². The first-order chi connectivity index (χ1) is 7.01. The highest BCUT2D eigenvalue weighted by Gasteiger charge is 2.28. The zero-order chi connectivity index (χ0) is 11.3. The van der Waals surface area contributed by atoms with E-state index in [9.17, 15) is 13.2 Å². The predicted molar refractivity (Wildman–Crippen MR) is 54.8 cm³/mol. The molecule has 0 aromatic carbocycles. The molecule has 90 valence electrons. The number of halogens is 3. The van der Waals surface area contributed by atoms with Gasteiger partial charge in [-0.15, -0.1) is 0 Å². The molecule has 1 rings (SSSR count). The smallest absolute Gasteiger partial charge is 0.396 e. The topological polar surface area (TPSA) is 23.5 Å². The third-order valence-electron chi connectivity index (χ3n) is 2.64. The Balaban J connectivity index is 2.09. The molecule has 0 saturated carbocycles. The van der Waals surface area contributed by atoms with Crippen LogP contribution >= 0.6 is 11.8 Å². The van der Waals surface area contributed by atoms with Crippen molar-refractivity contribution in [3.63, 3.8) is 0 Å². The van der Waals surface area contributed by atoms with Crippen molar-refractivity contribution in [3.05, 3.63) is 0 Å². The number of aliphatic hydroxyl groups is 1. The molecule has 0 atom stereocenters. The number of aliphatic hydroxyl groups excluding tert-OH is 1. The van der Waals surface area contributed by atoms with Crippen LogP contribution in [-0.4, -0.2) is 47.5 Å². The van der Waals surface area contributed by atoms with Crippen LogP contribution in [0.15, 0.2) is 0 Å². The van der Waals surface area contributed by atoms with Gasteiger partial charge in [0.05, 0.1) is 0 Å². The number of piperidine rings is 1. The van der Waals surface area contributed by atoms with Crippen LogP contribution in [0.5, 0.6) is 0 Å². The van der Waals surface area contributed by atoms with Crippen molar-refractivity contribution in [1.29, 1.82) is 0 Å². The maximum atomic E-state index is 11.8. The maximum Gasteiger partial charge on any atom is 0.441 e. The van der Waals surface area contributed by atoms with Gasteiger partial charge in [0.15, 0.2) is 0 Å². The van der Waals surface area contributed by atoms with E-state index in [1.54, 1.807) is 0 Å². The van der Waals surface area contributed by atoms with Gasteiger partial charge in [-0.25, -0.2) is 0 Å². The highest BCUT2D eigenvalue weighted by atomic mass is 32.2. The number of alkyl halides is 3. The zero-order valence-electron chi connectivity index (χ0n) is 8.46. The van der Waals surface area contributed by atoms with E-state index in [0.717, 1.165) is 25.9 Å². The fourth-order valence-corrected chi connectivity index (χ4v) is 2.26. The molecule has 0 bridgehead atoms. The van der Waals surface area contributed by atoms with E-state index in [1.807, 2.05) is 4.90 Å². The molecule has 0 aromatic heterocycles. The fourth-order valence-electron chi connectivity index (χ4n) is 1.68. The molecule has 0 spiro atoms. The van der Waals surface area contributed by atoms with Gasteiger partial charge < -0.3 is 10.0 Å². The average Bonchev–Trinajstić information content (AvgIpc) is 2.17. The standard InChI is InChI=1S/C9H16F3NOS/c10-9(11,12)15-6-5-13-3-1-8(7-14)2-4-13/h8,14H,1-7H2. The summed E-state index contributed by atoms with van der Waals surface area (Å²) in [5.41, 5.74) is -4.11. The SMILES string of the molecule is OCC1CCN(CCSC(F)(F)F)CC1. The molecule has 1 aliphatic rings. The average molecular weight is 243 g/mol. The van der Waals surface area contributed by atoms with Crippen LogP contribution in [0, 0.1) is 5.92 Å². The fraction of sp³-hybridized carbons (Fsp3) is 1.00. The van der Waals surface area contributed by atoms with Crippen LogP contribution in [0.25, 0.3) is 0 Å². The van der Waals surface area contributed by atoms with Crippen molar-refractivity contribution in [2.45, 2.75) is 18.3 Å². The summed E-state index contributed by atoms with van der Waals surface area (Å²) in [6.07, 6.45) is 1.79. The number of rotatable bonds is 4. The van der Waals surface area contributed by atoms with Crippen LogP contribution in [0.1, 0.15) is 12.8 Å². The lowest BCUT2D eigenvalue weighted by Gasteiger charge is -2.30. The Bertz CT molecular complexity index is 181. The molecular weight excluding hydrogens is 227 g/mol. The lowest BCUT2D eigenvalue weighted by atomic mass is 9.98. The van der Waals surface area contributed by atoms with E-state index in [4.69, 9.17) is 5.11 Å². The largest absolute Gasteiger partial charge is 0.441 e. The van der Waals surface area contributed by atoms with Gasteiger partial charge in [-0.2, -0.15) is 13.2 Å². The maximum absolute atomic E-state index is 11.8. The Morgan fingerprint density at radius 3 is 2.33 bits per heavy atom. The highest BCUT2D eigenvalue weighted by Crippen LogP contribution is 2.30. The van der Waals surface area contributed by atoms with Crippen molar-refractivity contribution in [1.82, 2.24) is 4.90 Å². The Labute approximate surface area is 91.8 Å². The van der Waals surface area contributed by atoms with E-state index in [0.29, 0.717) is 12.5 Å². The molecule has 1 saturated heterocycles. The minimum Gasteiger partial charge on any atom is -0.396 e. The Kier molecular flexibility index (Phi) is 5.22. The number of likely N-dealkylation sites (tertiary alicyclic amines) is 1. The monoisotopic (exact) mass is 243 g/mol. The highest BCUT2D eigenvalue weighted by molar-refractivity contribution is 8.00. The molecule has 1 fully saturated rings. The van der Waals surface area contributed by atoms with Gasteiger partial charge in [0.2, 0.25) is 0 Å². The van der Waals surface area contributed by atoms with Crippen LogP contribution < -0.4 is 0 Å². The van der Waals surface area contributed by atoms with Crippen molar-refractivity contribution >= 4 is 11.8 Å². The van der Waals surface area contributed by atoms with Crippen LogP contribution in [0.2, 0.25) is 0 Å². The van der Waals surface area contributed by atoms with Crippen molar-refractivity contribution in [3.8, 4) is 0 Å². The van der Waals surface area contributed by atoms with Gasteiger partial charge in [-0.1, -0.05) is 0 Å². The summed E-state index contributed by atoms with van der Waals surface area (Å²) in [6, 6.07) is 0. The third-order valence-corrected chi connectivity index (χ3v) is 3.35. The number of hydrogen-bond donors (Lipinski definition) is 1. The third kappa shape index (κ3) is 5.63. The van der Waals surface area contributed by atoms with E-state index in [1.165, 1.54) is 0 Å². The quantitative estimate of drug-likeness (QED) is 0.816. The van der Waals surface area contributed by atoms with Gasteiger partial charge in [0, 0.05) is 18.9 Å². The molecule has 15 heavy (non-hydrogen) atoms. The molecule has 0 radical (unpaired) electrons. The summed E-state index contributed by atoms with van der Waals surface area (Å²) >= 11 is 0.0427. The molecule has 0 aromatic rings. The summed E-state index contributed by atoms with van der Waals surface area (Å²) in [6.45, 7) is 2.31.